The highest BCUT2D eigenvalue weighted by Gasteiger charge is 2.65. The summed E-state index contributed by atoms with van der Waals surface area (Å²) in [5, 5.41) is 2.33. The Hall–Kier alpha value is -1.20. The van der Waals surface area contributed by atoms with Gasteiger partial charge in [0.15, 0.2) is 0 Å². The minimum atomic E-state index is -2.82. The number of carbonyl (C=O) groups is 2. The van der Waals surface area contributed by atoms with Crippen LogP contribution in [0.1, 0.15) is 12.8 Å². The van der Waals surface area contributed by atoms with Crippen molar-refractivity contribution in [3.05, 3.63) is 0 Å². The number of carbonyl (C=O) groups excluding carboxylic acids is 2. The first kappa shape index (κ1) is 9.36. The van der Waals surface area contributed by atoms with Crippen LogP contribution in [0.15, 0.2) is 0 Å². The van der Waals surface area contributed by atoms with Gasteiger partial charge in [0.25, 0.3) is 5.92 Å². The van der Waals surface area contributed by atoms with Crippen LogP contribution >= 0.6 is 0 Å². The maximum Gasteiger partial charge on any atom is 0.253 e. The van der Waals surface area contributed by atoms with Crippen molar-refractivity contribution in [2.75, 3.05) is 13.6 Å². The van der Waals surface area contributed by atoms with E-state index in [0.29, 0.717) is 0 Å². The van der Waals surface area contributed by atoms with Crippen molar-refractivity contribution in [3.63, 3.8) is 0 Å². The topological polar surface area (TPSA) is 49.4 Å². The van der Waals surface area contributed by atoms with Crippen molar-refractivity contribution in [3.8, 4) is 0 Å². The van der Waals surface area contributed by atoms with Crippen molar-refractivity contribution in [2.24, 2.45) is 0 Å². The first-order valence-corrected chi connectivity index (χ1v) is 4.30. The molecule has 1 aliphatic carbocycles. The number of nitrogens with zero attached hydrogens (tertiary/aromatic N) is 1. The van der Waals surface area contributed by atoms with Gasteiger partial charge >= 0.3 is 0 Å². The van der Waals surface area contributed by atoms with Crippen LogP contribution in [0.25, 0.3) is 0 Å². The number of amides is 2. The maximum atomic E-state index is 12.7. The van der Waals surface area contributed by atoms with E-state index >= 15 is 0 Å². The summed E-state index contributed by atoms with van der Waals surface area (Å²) in [7, 11) is 1.40. The standard InChI is InChI=1S/C8H10F2N2O2/c1-12-5(13)2-11-6(14)7(12)3-8(9,10)4-7/h2-4H2,1H3,(H,11,14). The van der Waals surface area contributed by atoms with Gasteiger partial charge in [0.2, 0.25) is 11.8 Å². The van der Waals surface area contributed by atoms with Gasteiger partial charge in [-0.05, 0) is 0 Å². The molecule has 0 bridgehead atoms. The summed E-state index contributed by atoms with van der Waals surface area (Å²) in [5.41, 5.74) is -1.29. The van der Waals surface area contributed by atoms with E-state index in [2.05, 4.69) is 5.32 Å². The van der Waals surface area contributed by atoms with Gasteiger partial charge in [0.05, 0.1) is 6.54 Å². The Morgan fingerprint density at radius 3 is 2.43 bits per heavy atom. The second kappa shape index (κ2) is 2.43. The number of halogens is 2. The molecule has 1 aliphatic heterocycles. The number of piperazine rings is 1. The monoisotopic (exact) mass is 204 g/mol. The molecule has 2 aliphatic rings. The highest BCUT2D eigenvalue weighted by atomic mass is 19.3. The Morgan fingerprint density at radius 2 is 1.93 bits per heavy atom. The number of rotatable bonds is 0. The Kier molecular flexibility index (Phi) is 1.62. The van der Waals surface area contributed by atoms with E-state index in [1.165, 1.54) is 7.05 Å². The quantitative estimate of drug-likeness (QED) is 0.591. The molecule has 78 valence electrons. The van der Waals surface area contributed by atoms with Gasteiger partial charge in [-0.25, -0.2) is 8.78 Å². The molecule has 4 nitrogen and oxygen atoms in total. The van der Waals surface area contributed by atoms with E-state index in [1.54, 1.807) is 0 Å². The molecule has 1 spiro atoms. The van der Waals surface area contributed by atoms with E-state index in [0.717, 1.165) is 4.90 Å². The molecule has 2 amide bonds. The third-order valence-electron chi connectivity index (χ3n) is 2.94. The first-order chi connectivity index (χ1) is 6.37. The van der Waals surface area contributed by atoms with E-state index in [9.17, 15) is 18.4 Å². The van der Waals surface area contributed by atoms with E-state index in [4.69, 9.17) is 0 Å². The van der Waals surface area contributed by atoms with Crippen LogP contribution in [0, 0.1) is 0 Å². The van der Waals surface area contributed by atoms with Crippen molar-refractivity contribution in [2.45, 2.75) is 24.3 Å². The van der Waals surface area contributed by atoms with Crippen molar-refractivity contribution in [1.82, 2.24) is 10.2 Å². The average molecular weight is 204 g/mol. The fourth-order valence-corrected chi connectivity index (χ4v) is 2.03. The summed E-state index contributed by atoms with van der Waals surface area (Å²) in [4.78, 5) is 23.8. The SMILES string of the molecule is CN1C(=O)CNC(=O)C12CC(F)(F)C2. The Balaban J connectivity index is 2.24. The lowest BCUT2D eigenvalue weighted by atomic mass is 9.70. The third kappa shape index (κ3) is 1.03. The van der Waals surface area contributed by atoms with E-state index in [-0.39, 0.29) is 12.5 Å². The summed E-state index contributed by atoms with van der Waals surface area (Å²) >= 11 is 0. The molecular formula is C8H10F2N2O2. The summed E-state index contributed by atoms with van der Waals surface area (Å²) in [6.45, 7) is -0.0946. The van der Waals surface area contributed by atoms with Crippen molar-refractivity contribution >= 4 is 11.8 Å². The Bertz CT molecular complexity index is 308. The Labute approximate surface area is 79.2 Å². The fourth-order valence-electron chi connectivity index (χ4n) is 2.03. The fraction of sp³-hybridized carbons (Fsp3) is 0.750. The molecule has 0 aromatic heterocycles. The highest BCUT2D eigenvalue weighted by Crippen LogP contribution is 2.49. The molecule has 1 N–H and O–H groups in total. The van der Waals surface area contributed by atoms with Crippen LogP contribution in [0.2, 0.25) is 0 Å². The van der Waals surface area contributed by atoms with Crippen molar-refractivity contribution < 1.29 is 18.4 Å². The first-order valence-electron chi connectivity index (χ1n) is 4.30. The number of nitrogens with one attached hydrogen (secondary N) is 1. The van der Waals surface area contributed by atoms with E-state index in [1.807, 2.05) is 0 Å². The van der Waals surface area contributed by atoms with Gasteiger partial charge in [0.1, 0.15) is 5.54 Å². The zero-order chi connectivity index (χ0) is 10.6. The van der Waals surface area contributed by atoms with Gasteiger partial charge < -0.3 is 10.2 Å². The zero-order valence-electron chi connectivity index (χ0n) is 7.64. The molecule has 0 aromatic rings. The number of hydrogen-bond donors (Lipinski definition) is 1. The van der Waals surface area contributed by atoms with Gasteiger partial charge in [-0.1, -0.05) is 0 Å². The predicted molar refractivity (Wildman–Crippen MR) is 42.7 cm³/mol. The maximum absolute atomic E-state index is 12.7. The van der Waals surface area contributed by atoms with Crippen LogP contribution in [0.5, 0.6) is 0 Å². The lowest BCUT2D eigenvalue weighted by molar-refractivity contribution is -0.193. The summed E-state index contributed by atoms with van der Waals surface area (Å²) in [5.74, 6) is -3.60. The lowest BCUT2D eigenvalue weighted by Crippen LogP contribution is -2.73. The molecule has 6 heteroatoms. The van der Waals surface area contributed by atoms with Gasteiger partial charge in [-0.2, -0.15) is 0 Å². The molecule has 2 fully saturated rings. The van der Waals surface area contributed by atoms with Crippen LogP contribution in [-0.2, 0) is 9.59 Å². The zero-order valence-corrected chi connectivity index (χ0v) is 7.64. The average Bonchev–Trinajstić information content (AvgIpc) is 2.05. The highest BCUT2D eigenvalue weighted by molar-refractivity contribution is 5.98. The predicted octanol–water partition coefficient (Wildman–Crippen LogP) is -0.258. The Morgan fingerprint density at radius 1 is 1.36 bits per heavy atom. The summed E-state index contributed by atoms with van der Waals surface area (Å²) in [6.07, 6.45) is -1.12. The molecule has 2 rings (SSSR count). The second-order valence-electron chi connectivity index (χ2n) is 3.88. The number of alkyl halides is 2. The molecule has 0 aromatic carbocycles. The largest absolute Gasteiger partial charge is 0.345 e. The smallest absolute Gasteiger partial charge is 0.253 e. The molecule has 14 heavy (non-hydrogen) atoms. The van der Waals surface area contributed by atoms with Crippen LogP contribution in [-0.4, -0.2) is 41.8 Å². The van der Waals surface area contributed by atoms with Crippen LogP contribution in [0.4, 0.5) is 8.78 Å². The molecule has 1 saturated heterocycles. The lowest BCUT2D eigenvalue weighted by Gasteiger charge is -2.52. The number of hydrogen-bond acceptors (Lipinski definition) is 2. The third-order valence-corrected chi connectivity index (χ3v) is 2.94. The number of likely N-dealkylation sites (N-methyl/N-ethyl adjacent to an activating group) is 1. The van der Waals surface area contributed by atoms with Gasteiger partial charge in [0, 0.05) is 19.9 Å². The van der Waals surface area contributed by atoms with Crippen molar-refractivity contribution in [1.29, 1.82) is 0 Å². The molecule has 1 heterocycles. The van der Waals surface area contributed by atoms with Crippen LogP contribution in [0.3, 0.4) is 0 Å². The minimum Gasteiger partial charge on any atom is -0.345 e. The summed E-state index contributed by atoms with van der Waals surface area (Å²) in [6, 6.07) is 0. The molecule has 0 atom stereocenters. The van der Waals surface area contributed by atoms with Gasteiger partial charge in [-0.3, -0.25) is 9.59 Å². The normalized spacial score (nSPS) is 28.6. The van der Waals surface area contributed by atoms with Crippen LogP contribution < -0.4 is 5.32 Å². The van der Waals surface area contributed by atoms with E-state index < -0.39 is 30.2 Å². The molecular weight excluding hydrogens is 194 g/mol. The minimum absolute atomic E-state index is 0.0946. The molecule has 1 saturated carbocycles. The molecule has 0 radical (unpaired) electrons. The molecule has 0 unspecified atom stereocenters. The second-order valence-corrected chi connectivity index (χ2v) is 3.88. The van der Waals surface area contributed by atoms with Gasteiger partial charge in [-0.15, -0.1) is 0 Å². The summed E-state index contributed by atoms with van der Waals surface area (Å²) < 4.78 is 25.4.